The molecule has 1 unspecified atom stereocenters. The molecule has 32 heavy (non-hydrogen) atoms. The molecule has 1 amide bonds. The van der Waals surface area contributed by atoms with Crippen LogP contribution in [0.3, 0.4) is 0 Å². The van der Waals surface area contributed by atoms with Crippen LogP contribution in [-0.4, -0.2) is 40.2 Å². The number of benzene rings is 2. The minimum atomic E-state index is -0.255. The Morgan fingerprint density at radius 2 is 1.84 bits per heavy atom. The zero-order chi connectivity index (χ0) is 22.6. The van der Waals surface area contributed by atoms with E-state index in [1.807, 2.05) is 24.3 Å². The maximum absolute atomic E-state index is 13.9. The lowest BCUT2D eigenvalue weighted by Gasteiger charge is -2.35. The van der Waals surface area contributed by atoms with Gasteiger partial charge in [-0.1, -0.05) is 50.2 Å². The molecule has 3 aliphatic rings. The molecule has 3 aliphatic heterocycles. The van der Waals surface area contributed by atoms with Gasteiger partial charge in [-0.05, 0) is 48.6 Å². The average Bonchev–Trinajstić information content (AvgIpc) is 3.42. The molecule has 2 aromatic carbocycles. The van der Waals surface area contributed by atoms with E-state index in [1.54, 1.807) is 12.1 Å². The Balaban J connectivity index is 1.52. The number of hydrogen-bond donors (Lipinski definition) is 2. The predicted octanol–water partition coefficient (Wildman–Crippen LogP) is 3.93. The molecular weight excluding hydrogens is 403 g/mol. The molecule has 0 aromatic heterocycles. The molecule has 0 aliphatic carbocycles. The van der Waals surface area contributed by atoms with Gasteiger partial charge in [0.25, 0.3) is 0 Å². The zero-order valence-electron chi connectivity index (χ0n) is 18.7. The van der Waals surface area contributed by atoms with Crippen molar-refractivity contribution < 1.29 is 9.18 Å². The van der Waals surface area contributed by atoms with Crippen molar-refractivity contribution in [1.82, 2.24) is 9.80 Å². The Labute approximate surface area is 188 Å². The molecule has 2 aromatic rings. The van der Waals surface area contributed by atoms with E-state index in [9.17, 15) is 9.18 Å². The van der Waals surface area contributed by atoms with E-state index in [-0.39, 0.29) is 35.6 Å². The maximum Gasteiger partial charge on any atom is 0.228 e. The topological polar surface area (TPSA) is 73.4 Å². The van der Waals surface area contributed by atoms with Gasteiger partial charge in [-0.25, -0.2) is 4.39 Å². The molecule has 168 valence electrons. The van der Waals surface area contributed by atoms with Gasteiger partial charge in [0.2, 0.25) is 5.91 Å². The monoisotopic (exact) mass is 434 g/mol. The molecule has 3 N–H and O–H groups in total. The van der Waals surface area contributed by atoms with E-state index in [0.29, 0.717) is 30.0 Å². The Morgan fingerprint density at radius 1 is 1.16 bits per heavy atom. The molecule has 0 saturated carbocycles. The van der Waals surface area contributed by atoms with Crippen LogP contribution in [0.1, 0.15) is 49.4 Å². The van der Waals surface area contributed by atoms with E-state index in [0.717, 1.165) is 30.5 Å². The summed E-state index contributed by atoms with van der Waals surface area (Å²) in [5.74, 6) is 0.583. The third-order valence-electron chi connectivity index (χ3n) is 7.73. The second kappa shape index (κ2) is 8.00. The number of rotatable bonds is 5. The van der Waals surface area contributed by atoms with Crippen molar-refractivity contribution in [3.63, 3.8) is 0 Å². The smallest absolute Gasteiger partial charge is 0.228 e. The number of amides is 1. The third kappa shape index (κ3) is 3.32. The van der Waals surface area contributed by atoms with Crippen LogP contribution < -0.4 is 5.73 Å². The molecule has 6 heteroatoms. The van der Waals surface area contributed by atoms with Crippen LogP contribution in [0.15, 0.2) is 48.5 Å². The third-order valence-corrected chi connectivity index (χ3v) is 7.73. The Bertz CT molecular complexity index is 1020. The highest BCUT2D eigenvalue weighted by molar-refractivity contribution is 5.95. The number of nitrogens with two attached hydrogens (primary N) is 1. The lowest BCUT2D eigenvalue weighted by Crippen LogP contribution is -2.44. The molecule has 5 nitrogen and oxygen atoms in total. The Hall–Kier alpha value is -2.73. The van der Waals surface area contributed by atoms with Crippen LogP contribution in [0.5, 0.6) is 0 Å². The average molecular weight is 435 g/mol. The summed E-state index contributed by atoms with van der Waals surface area (Å²) < 4.78 is 13.4. The van der Waals surface area contributed by atoms with Crippen LogP contribution >= 0.6 is 0 Å². The molecule has 0 radical (unpaired) electrons. The van der Waals surface area contributed by atoms with Crippen molar-refractivity contribution in [2.24, 2.45) is 23.5 Å². The number of carbonyl (C=O) groups excluding carboxylic acids is 1. The van der Waals surface area contributed by atoms with E-state index in [2.05, 4.69) is 23.6 Å². The molecule has 0 spiro atoms. The van der Waals surface area contributed by atoms with Crippen LogP contribution in [0.4, 0.5) is 4.39 Å². The highest BCUT2D eigenvalue weighted by atomic mass is 19.1. The van der Waals surface area contributed by atoms with Gasteiger partial charge in [-0.15, -0.1) is 0 Å². The summed E-state index contributed by atoms with van der Waals surface area (Å²) in [7, 11) is 0. The number of likely N-dealkylation sites (tertiary alicyclic amines) is 1. The lowest BCUT2D eigenvalue weighted by molar-refractivity contribution is -0.134. The van der Waals surface area contributed by atoms with E-state index >= 15 is 0 Å². The first-order valence-corrected chi connectivity index (χ1v) is 11.6. The molecule has 5 atom stereocenters. The zero-order valence-corrected chi connectivity index (χ0v) is 18.7. The fraction of sp³-hybridized carbons (Fsp3) is 0.462. The highest BCUT2D eigenvalue weighted by Crippen LogP contribution is 2.56. The molecule has 0 bridgehead atoms. The van der Waals surface area contributed by atoms with Crippen molar-refractivity contribution in [3.8, 4) is 0 Å². The molecular formula is C26H31FN4O. The van der Waals surface area contributed by atoms with Crippen molar-refractivity contribution >= 4 is 11.7 Å². The summed E-state index contributed by atoms with van der Waals surface area (Å²) in [5.41, 5.74) is 8.46. The number of nitrogen functional groups attached to an aromatic ring is 1. The van der Waals surface area contributed by atoms with Gasteiger partial charge < -0.3 is 10.6 Å². The summed E-state index contributed by atoms with van der Waals surface area (Å²) >= 11 is 0. The second-order valence-electron chi connectivity index (χ2n) is 9.86. The van der Waals surface area contributed by atoms with Gasteiger partial charge >= 0.3 is 0 Å². The quantitative estimate of drug-likeness (QED) is 0.553. The Morgan fingerprint density at radius 3 is 2.47 bits per heavy atom. The minimum absolute atomic E-state index is 0.0560. The molecule has 5 rings (SSSR count). The molecule has 3 saturated heterocycles. The Kier molecular flexibility index (Phi) is 5.28. The number of amidine groups is 1. The fourth-order valence-corrected chi connectivity index (χ4v) is 6.55. The van der Waals surface area contributed by atoms with Gasteiger partial charge in [-0.2, -0.15) is 0 Å². The fourth-order valence-electron chi connectivity index (χ4n) is 6.55. The normalized spacial score (nSPS) is 29.6. The van der Waals surface area contributed by atoms with Gasteiger partial charge in [0, 0.05) is 36.2 Å². The summed E-state index contributed by atoms with van der Waals surface area (Å²) in [6.45, 7) is 5.98. The molecule has 3 heterocycles. The number of nitrogens with one attached hydrogen (secondary N) is 1. The largest absolute Gasteiger partial charge is 0.384 e. The van der Waals surface area contributed by atoms with Crippen molar-refractivity contribution in [2.45, 2.75) is 51.4 Å². The van der Waals surface area contributed by atoms with E-state index in [1.165, 1.54) is 12.1 Å². The maximum atomic E-state index is 13.9. The lowest BCUT2D eigenvalue weighted by atomic mass is 9.79. The predicted molar refractivity (Wildman–Crippen MR) is 122 cm³/mol. The second-order valence-corrected chi connectivity index (χ2v) is 9.86. The first-order valence-electron chi connectivity index (χ1n) is 11.6. The summed E-state index contributed by atoms with van der Waals surface area (Å²) in [5, 5.41) is 7.69. The first-order chi connectivity index (χ1) is 15.4. The summed E-state index contributed by atoms with van der Waals surface area (Å²) in [6, 6.07) is 15.0. The van der Waals surface area contributed by atoms with E-state index < -0.39 is 0 Å². The number of hydrogen-bond acceptors (Lipinski definition) is 3. The van der Waals surface area contributed by atoms with Crippen LogP contribution in [0.25, 0.3) is 0 Å². The van der Waals surface area contributed by atoms with Gasteiger partial charge in [0.05, 0.1) is 5.92 Å². The number of nitrogens with zero attached hydrogens (tertiary/aromatic N) is 2. The van der Waals surface area contributed by atoms with Gasteiger partial charge in [-0.3, -0.25) is 15.1 Å². The number of fused-ring (bicyclic) bond motifs is 3. The summed E-state index contributed by atoms with van der Waals surface area (Å²) in [6.07, 6.45) is 2.29. The number of halogens is 1. The van der Waals surface area contributed by atoms with Crippen molar-refractivity contribution in [1.29, 1.82) is 5.41 Å². The SMILES string of the molecule is CC(C)[C@H]1[C@@H]2C3CCCN3[C@H](c3ccc(C(=N)N)cc3)[C@@H]2C(=O)N1Cc1ccc(F)cc1. The van der Waals surface area contributed by atoms with Crippen molar-refractivity contribution in [3.05, 3.63) is 71.0 Å². The van der Waals surface area contributed by atoms with Crippen LogP contribution in [-0.2, 0) is 11.3 Å². The highest BCUT2D eigenvalue weighted by Gasteiger charge is 2.62. The van der Waals surface area contributed by atoms with Gasteiger partial charge in [0.15, 0.2) is 0 Å². The standard InChI is InChI=1S/C26H31FN4O/c1-15(2)23-21-20-4-3-13-30(20)24(17-7-9-18(10-8-17)25(28)29)22(21)26(32)31(23)14-16-5-11-19(27)12-6-16/h5-12,15,20-24H,3-4,13-14H2,1-2H3,(H3,28,29)/t20?,21-,22-,23+,24-/m1/s1. The van der Waals surface area contributed by atoms with Crippen LogP contribution in [0, 0.1) is 29.0 Å². The van der Waals surface area contributed by atoms with Crippen LogP contribution in [0.2, 0.25) is 0 Å². The van der Waals surface area contributed by atoms with Crippen molar-refractivity contribution in [2.75, 3.05) is 6.54 Å². The minimum Gasteiger partial charge on any atom is -0.384 e. The number of carbonyl (C=O) groups is 1. The van der Waals surface area contributed by atoms with Gasteiger partial charge in [0.1, 0.15) is 11.7 Å². The molecule has 3 fully saturated rings. The summed E-state index contributed by atoms with van der Waals surface area (Å²) in [4.78, 5) is 18.6. The first kappa shape index (κ1) is 21.1. The van der Waals surface area contributed by atoms with E-state index in [4.69, 9.17) is 11.1 Å².